The molecule has 11 nitrogen and oxygen atoms in total. The van der Waals surface area contributed by atoms with Gasteiger partial charge in [-0.05, 0) is 19.1 Å². The molecule has 14 heteroatoms. The third-order valence-corrected chi connectivity index (χ3v) is 6.79. The Balaban J connectivity index is 0.000000186. The fourth-order valence-electron chi connectivity index (χ4n) is 4.01. The van der Waals surface area contributed by atoms with Crippen molar-refractivity contribution >= 4 is 51.2 Å². The number of anilines is 3. The maximum atomic E-state index is 13.2. The van der Waals surface area contributed by atoms with Gasteiger partial charge < -0.3 is 16.8 Å². The molecule has 4 aromatic rings. The Morgan fingerprint density at radius 1 is 0.946 bits per heavy atom. The summed E-state index contributed by atoms with van der Waals surface area (Å²) in [5, 5.41) is 4.98. The van der Waals surface area contributed by atoms with Crippen molar-refractivity contribution in [2.24, 2.45) is 14.1 Å². The zero-order valence-corrected chi connectivity index (χ0v) is 21.4. The van der Waals surface area contributed by atoms with Crippen LogP contribution in [0, 0.1) is 0 Å². The number of halogens is 2. The second kappa shape index (κ2) is 10.3. The zero-order chi connectivity index (χ0) is 26.9. The maximum absolute atomic E-state index is 13.2. The van der Waals surface area contributed by atoms with Crippen LogP contribution in [0.1, 0.15) is 25.7 Å². The van der Waals surface area contributed by atoms with Crippen LogP contribution in [0.4, 0.5) is 26.1 Å². The maximum Gasteiger partial charge on any atom is 0.253 e. The quantitative estimate of drug-likeness (QED) is 0.265. The molecule has 0 bridgehead atoms. The van der Waals surface area contributed by atoms with Crippen LogP contribution in [0.3, 0.4) is 0 Å². The smallest absolute Gasteiger partial charge is 0.253 e. The van der Waals surface area contributed by atoms with E-state index in [1.807, 2.05) is 6.26 Å². The number of fused-ring (bicyclic) bond motifs is 2. The number of nitrogens with one attached hydrogen (secondary N) is 1. The van der Waals surface area contributed by atoms with Gasteiger partial charge in [-0.2, -0.15) is 4.98 Å². The largest absolute Gasteiger partial charge is 0.398 e. The first-order valence-corrected chi connectivity index (χ1v) is 12.6. The Kier molecular flexibility index (Phi) is 7.30. The van der Waals surface area contributed by atoms with Gasteiger partial charge in [0.25, 0.3) is 11.1 Å². The molecular formula is C23H27F2N9O2S. The highest BCUT2D eigenvalue weighted by Gasteiger charge is 2.35. The molecule has 5 N–H and O–H groups in total. The van der Waals surface area contributed by atoms with Crippen molar-refractivity contribution in [2.75, 3.05) is 23.0 Å². The van der Waals surface area contributed by atoms with Gasteiger partial charge in [0.2, 0.25) is 11.9 Å². The molecule has 1 saturated carbocycles. The summed E-state index contributed by atoms with van der Waals surface area (Å²) in [4.78, 5) is 40.0. The Hall–Kier alpha value is -3.81. The summed E-state index contributed by atoms with van der Waals surface area (Å²) in [6, 6.07) is 2.61. The Bertz CT molecular complexity index is 1580. The average Bonchev–Trinajstić information content (AvgIpc) is 2.87. The minimum Gasteiger partial charge on any atom is -0.398 e. The molecule has 1 aliphatic carbocycles. The summed E-state index contributed by atoms with van der Waals surface area (Å²) >= 11 is 1.43. The first-order valence-electron chi connectivity index (χ1n) is 11.4. The fourth-order valence-corrected chi connectivity index (χ4v) is 4.34. The summed E-state index contributed by atoms with van der Waals surface area (Å²) < 4.78 is 29.2. The summed E-state index contributed by atoms with van der Waals surface area (Å²) in [7, 11) is 3.27. The molecule has 0 aromatic carbocycles. The van der Waals surface area contributed by atoms with E-state index in [0.717, 1.165) is 0 Å². The van der Waals surface area contributed by atoms with Gasteiger partial charge in [-0.25, -0.2) is 23.7 Å². The lowest BCUT2D eigenvalue weighted by molar-refractivity contribution is -0.0361. The second-order valence-corrected chi connectivity index (χ2v) is 9.57. The summed E-state index contributed by atoms with van der Waals surface area (Å²) in [5.41, 5.74) is 12.8. The Morgan fingerprint density at radius 2 is 1.46 bits per heavy atom. The molecule has 0 aliphatic heterocycles. The van der Waals surface area contributed by atoms with Crippen LogP contribution in [-0.2, 0) is 14.1 Å². The molecule has 0 spiro atoms. The number of alkyl halides is 2. The molecule has 1 fully saturated rings. The van der Waals surface area contributed by atoms with Crippen LogP contribution in [0.2, 0.25) is 0 Å². The summed E-state index contributed by atoms with van der Waals surface area (Å²) in [5.74, 6) is -2.25. The van der Waals surface area contributed by atoms with E-state index < -0.39 is 5.92 Å². The van der Waals surface area contributed by atoms with Crippen LogP contribution in [-0.4, -0.2) is 47.3 Å². The highest BCUT2D eigenvalue weighted by atomic mass is 32.2. The van der Waals surface area contributed by atoms with E-state index in [1.54, 1.807) is 20.3 Å². The third kappa shape index (κ3) is 5.63. The van der Waals surface area contributed by atoms with Crippen molar-refractivity contribution < 1.29 is 8.78 Å². The fraction of sp³-hybridized carbons (Fsp3) is 0.391. The van der Waals surface area contributed by atoms with E-state index in [4.69, 9.17) is 11.5 Å². The van der Waals surface area contributed by atoms with Gasteiger partial charge in [-0.1, -0.05) is 11.8 Å². The van der Waals surface area contributed by atoms with Gasteiger partial charge in [-0.3, -0.25) is 18.7 Å². The summed E-state index contributed by atoms with van der Waals surface area (Å²) in [6.45, 7) is 0. The van der Waals surface area contributed by atoms with Crippen molar-refractivity contribution in [3.63, 3.8) is 0 Å². The molecule has 37 heavy (non-hydrogen) atoms. The van der Waals surface area contributed by atoms with Crippen LogP contribution in [0.15, 0.2) is 39.3 Å². The van der Waals surface area contributed by atoms with Gasteiger partial charge in [0.1, 0.15) is 11.3 Å². The van der Waals surface area contributed by atoms with E-state index in [0.29, 0.717) is 57.4 Å². The molecule has 0 unspecified atom stereocenters. The predicted octanol–water partition coefficient (Wildman–Crippen LogP) is 2.53. The number of hydrogen-bond acceptors (Lipinski definition) is 10. The lowest BCUT2D eigenvalue weighted by Gasteiger charge is -2.28. The zero-order valence-electron chi connectivity index (χ0n) is 20.5. The molecule has 0 saturated heterocycles. The molecule has 0 atom stereocenters. The Labute approximate surface area is 214 Å². The van der Waals surface area contributed by atoms with Crippen molar-refractivity contribution in [1.82, 2.24) is 29.1 Å². The lowest BCUT2D eigenvalue weighted by Crippen LogP contribution is -2.32. The molecule has 1 aliphatic rings. The molecule has 5 rings (SSSR count). The molecule has 4 aromatic heterocycles. The van der Waals surface area contributed by atoms with Crippen molar-refractivity contribution in [2.45, 2.75) is 42.8 Å². The number of thioether (sulfide) groups is 1. The SMILES string of the molecule is CSc1ncc2c(N)cc(=O)n(C)c2n1.Cn1c(=O)cc(N)c2cnc(NC3CCC(F)(F)CC3)nc21. The first kappa shape index (κ1) is 26.3. The highest BCUT2D eigenvalue weighted by Crippen LogP contribution is 2.34. The normalized spacial score (nSPS) is 15.4. The number of nitrogens with zero attached hydrogens (tertiary/aromatic N) is 6. The number of hydrogen-bond donors (Lipinski definition) is 3. The molecule has 4 heterocycles. The number of aryl methyl sites for hydroxylation is 2. The van der Waals surface area contributed by atoms with E-state index in [1.165, 1.54) is 39.2 Å². The molecule has 0 radical (unpaired) electrons. The van der Waals surface area contributed by atoms with E-state index in [-0.39, 0.29) is 30.0 Å². The van der Waals surface area contributed by atoms with Gasteiger partial charge in [0.05, 0.1) is 10.8 Å². The van der Waals surface area contributed by atoms with E-state index in [9.17, 15) is 18.4 Å². The number of nitrogen functional groups attached to an aromatic ring is 2. The highest BCUT2D eigenvalue weighted by molar-refractivity contribution is 7.98. The minimum absolute atomic E-state index is 0.0878. The molecular weight excluding hydrogens is 504 g/mol. The summed E-state index contributed by atoms with van der Waals surface area (Å²) in [6.07, 6.45) is 5.52. The van der Waals surface area contributed by atoms with Crippen molar-refractivity contribution in [3.05, 3.63) is 45.2 Å². The number of nitrogens with two attached hydrogens (primary N) is 2. The van der Waals surface area contributed by atoms with Crippen LogP contribution in [0.25, 0.3) is 22.1 Å². The van der Waals surface area contributed by atoms with Gasteiger partial charge >= 0.3 is 0 Å². The Morgan fingerprint density at radius 3 is 2.00 bits per heavy atom. The minimum atomic E-state index is -2.57. The van der Waals surface area contributed by atoms with Crippen molar-refractivity contribution in [3.8, 4) is 0 Å². The van der Waals surface area contributed by atoms with E-state index in [2.05, 4.69) is 25.3 Å². The number of pyridine rings is 2. The standard InChI is InChI=1S/C14H17F2N5O.C9H10N4OS/c1-21-11(22)6-10(17)9-7-18-13(20-12(9)21)19-8-2-4-14(15,16)5-3-8;1-13-7(14)3-6(10)5-4-11-9(15-2)12-8(5)13/h6-8H,2-5,17H2,1H3,(H,18,19,20);3-4H,10H2,1-2H3. The van der Waals surface area contributed by atoms with Gasteiger partial charge in [0, 0.05) is 68.9 Å². The molecule has 196 valence electrons. The predicted molar refractivity (Wildman–Crippen MR) is 141 cm³/mol. The topological polar surface area (TPSA) is 160 Å². The van der Waals surface area contributed by atoms with E-state index >= 15 is 0 Å². The number of aromatic nitrogens is 6. The first-order chi connectivity index (χ1) is 17.5. The van der Waals surface area contributed by atoms with Crippen LogP contribution >= 0.6 is 11.8 Å². The van der Waals surface area contributed by atoms with Crippen molar-refractivity contribution in [1.29, 1.82) is 0 Å². The average molecular weight is 532 g/mol. The third-order valence-electron chi connectivity index (χ3n) is 6.22. The molecule has 0 amide bonds. The van der Waals surface area contributed by atoms with Gasteiger partial charge in [-0.15, -0.1) is 0 Å². The van der Waals surface area contributed by atoms with Gasteiger partial charge in [0.15, 0.2) is 5.16 Å². The second-order valence-electron chi connectivity index (χ2n) is 8.79. The number of rotatable bonds is 3. The van der Waals surface area contributed by atoms with Crippen LogP contribution in [0.5, 0.6) is 0 Å². The monoisotopic (exact) mass is 531 g/mol. The lowest BCUT2D eigenvalue weighted by atomic mass is 9.92. The van der Waals surface area contributed by atoms with Crippen LogP contribution < -0.4 is 27.9 Å².